The second-order valence-electron chi connectivity index (χ2n) is 8.25. The Morgan fingerprint density at radius 2 is 1.64 bits per heavy atom. The van der Waals surface area contributed by atoms with E-state index in [0.29, 0.717) is 11.4 Å². The number of sulfone groups is 1. The molecule has 144 valence electrons. The van der Waals surface area contributed by atoms with Gasteiger partial charge in [-0.2, -0.15) is 0 Å². The van der Waals surface area contributed by atoms with E-state index in [1.807, 2.05) is 49.4 Å². The molecule has 5 rings (SSSR count). The zero-order valence-electron chi connectivity index (χ0n) is 15.7. The van der Waals surface area contributed by atoms with Crippen LogP contribution in [0.3, 0.4) is 0 Å². The topological polar surface area (TPSA) is 54.5 Å². The third-order valence-electron chi connectivity index (χ3n) is 6.59. The van der Waals surface area contributed by atoms with E-state index in [9.17, 15) is 13.2 Å². The fourth-order valence-electron chi connectivity index (χ4n) is 5.31. The zero-order valence-corrected chi connectivity index (χ0v) is 16.5. The third-order valence-corrected chi connectivity index (χ3v) is 8.72. The summed E-state index contributed by atoms with van der Waals surface area (Å²) in [4.78, 5) is 15.3. The Morgan fingerprint density at radius 1 is 0.964 bits per heavy atom. The van der Waals surface area contributed by atoms with Gasteiger partial charge in [-0.15, -0.1) is 0 Å². The summed E-state index contributed by atoms with van der Waals surface area (Å²) < 4.78 is 27.4. The molecule has 0 aromatic heterocycles. The number of fused-ring (bicyclic) bond motifs is 5. The molecule has 4 nitrogen and oxygen atoms in total. The molecule has 0 radical (unpaired) electrons. The maximum absolute atomic E-state index is 13.7. The number of rotatable bonds is 4. The van der Waals surface area contributed by atoms with Crippen LogP contribution in [0.25, 0.3) is 0 Å². The van der Waals surface area contributed by atoms with Crippen LogP contribution in [0.5, 0.6) is 0 Å². The van der Waals surface area contributed by atoms with Gasteiger partial charge >= 0.3 is 0 Å². The molecule has 0 N–H and O–H groups in total. The highest BCUT2D eigenvalue weighted by Crippen LogP contribution is 2.56. The molecule has 1 saturated heterocycles. The highest BCUT2D eigenvalue weighted by atomic mass is 32.2. The Hall–Kier alpha value is -2.40. The number of nitrogens with zero attached hydrogens (tertiary/aromatic N) is 1. The number of hydrogen-bond donors (Lipinski definition) is 0. The smallest absolute Gasteiger partial charge is 0.228 e. The Balaban J connectivity index is 1.59. The van der Waals surface area contributed by atoms with Crippen LogP contribution < -0.4 is 0 Å². The van der Waals surface area contributed by atoms with Gasteiger partial charge in [0.2, 0.25) is 5.91 Å². The second kappa shape index (κ2) is 6.31. The van der Waals surface area contributed by atoms with Crippen LogP contribution in [0, 0.1) is 30.6 Å². The number of hydrogen-bond acceptors (Lipinski definition) is 3. The van der Waals surface area contributed by atoms with Gasteiger partial charge in [-0.3, -0.25) is 4.79 Å². The summed E-state index contributed by atoms with van der Waals surface area (Å²) in [5, 5.41) is -0.798. The Labute approximate surface area is 165 Å². The average molecular weight is 394 g/mol. The van der Waals surface area contributed by atoms with Crippen LogP contribution in [0.15, 0.2) is 71.6 Å². The molecule has 5 heteroatoms. The average Bonchev–Trinajstić information content (AvgIpc) is 3.37. The van der Waals surface area contributed by atoms with Crippen LogP contribution in [-0.4, -0.2) is 24.6 Å². The first-order valence-electron chi connectivity index (χ1n) is 9.80. The van der Waals surface area contributed by atoms with E-state index in [0.717, 1.165) is 17.5 Å². The molecular formula is C23H23NO3S. The molecular weight excluding hydrogens is 370 g/mol. The molecule has 28 heavy (non-hydrogen) atoms. The minimum Gasteiger partial charge on any atom is -0.320 e. The van der Waals surface area contributed by atoms with E-state index >= 15 is 0 Å². The van der Waals surface area contributed by atoms with Gasteiger partial charge in [0.05, 0.1) is 10.8 Å². The van der Waals surface area contributed by atoms with Crippen LogP contribution in [0.2, 0.25) is 0 Å². The summed E-state index contributed by atoms with van der Waals surface area (Å²) in [6, 6.07) is 16.7. The van der Waals surface area contributed by atoms with Crippen LogP contribution in [0.1, 0.15) is 17.5 Å². The van der Waals surface area contributed by atoms with Crippen molar-refractivity contribution in [3.8, 4) is 0 Å². The number of allylic oxidation sites excluding steroid dienone is 2. The van der Waals surface area contributed by atoms with E-state index in [-0.39, 0.29) is 29.6 Å². The Bertz CT molecular complexity index is 1040. The van der Waals surface area contributed by atoms with Crippen molar-refractivity contribution in [2.24, 2.45) is 23.7 Å². The van der Waals surface area contributed by atoms with Gasteiger partial charge in [0.1, 0.15) is 5.37 Å². The van der Waals surface area contributed by atoms with Crippen molar-refractivity contribution >= 4 is 15.7 Å². The number of amides is 1. The van der Waals surface area contributed by atoms with Crippen molar-refractivity contribution in [3.63, 3.8) is 0 Å². The lowest BCUT2D eigenvalue weighted by Crippen LogP contribution is -2.42. The van der Waals surface area contributed by atoms with Crippen molar-refractivity contribution < 1.29 is 13.2 Å². The SMILES string of the molecule is Cc1ccc(S(=O)(=O)[C@H]2[C@H]3[C@@H](C(=O)N2Cc2ccccc2)[C@H]2C=C[C@@H]3C2)cc1. The van der Waals surface area contributed by atoms with Gasteiger partial charge in [-0.25, -0.2) is 8.42 Å². The van der Waals surface area contributed by atoms with Gasteiger partial charge in [-0.05, 0) is 42.9 Å². The molecule has 2 aromatic rings. The zero-order chi connectivity index (χ0) is 19.5. The fourth-order valence-corrected chi connectivity index (χ4v) is 7.40. The first-order chi connectivity index (χ1) is 13.5. The molecule has 1 amide bonds. The molecule has 2 fully saturated rings. The monoisotopic (exact) mass is 393 g/mol. The van der Waals surface area contributed by atoms with Crippen LogP contribution in [0.4, 0.5) is 0 Å². The van der Waals surface area contributed by atoms with E-state index in [1.54, 1.807) is 17.0 Å². The van der Waals surface area contributed by atoms with Gasteiger partial charge in [-0.1, -0.05) is 60.2 Å². The van der Waals surface area contributed by atoms with E-state index in [2.05, 4.69) is 12.2 Å². The molecule has 2 aromatic carbocycles. The van der Waals surface area contributed by atoms with Crippen molar-refractivity contribution in [1.82, 2.24) is 4.90 Å². The summed E-state index contributed by atoms with van der Waals surface area (Å²) in [5.41, 5.74) is 1.98. The minimum atomic E-state index is -3.66. The molecule has 2 bridgehead atoms. The fraction of sp³-hybridized carbons (Fsp3) is 0.348. The number of benzene rings is 2. The van der Waals surface area contributed by atoms with Crippen molar-refractivity contribution in [2.45, 2.75) is 30.2 Å². The van der Waals surface area contributed by atoms with E-state index in [4.69, 9.17) is 0 Å². The lowest BCUT2D eigenvalue weighted by Gasteiger charge is -2.30. The lowest BCUT2D eigenvalue weighted by atomic mass is 9.85. The maximum atomic E-state index is 13.7. The number of carbonyl (C=O) groups excluding carboxylic acids is 1. The van der Waals surface area contributed by atoms with E-state index < -0.39 is 15.2 Å². The molecule has 1 heterocycles. The Morgan fingerprint density at radius 3 is 2.36 bits per heavy atom. The van der Waals surface area contributed by atoms with Gasteiger partial charge in [0.15, 0.2) is 9.84 Å². The number of likely N-dealkylation sites (tertiary alicyclic amines) is 1. The molecule has 5 atom stereocenters. The third kappa shape index (κ3) is 2.56. The molecule has 1 saturated carbocycles. The quantitative estimate of drug-likeness (QED) is 0.746. The van der Waals surface area contributed by atoms with Crippen LogP contribution in [-0.2, 0) is 21.2 Å². The largest absolute Gasteiger partial charge is 0.320 e. The summed E-state index contributed by atoms with van der Waals surface area (Å²) in [6.45, 7) is 2.27. The second-order valence-corrected chi connectivity index (χ2v) is 10.3. The van der Waals surface area contributed by atoms with Gasteiger partial charge < -0.3 is 4.90 Å². The van der Waals surface area contributed by atoms with Crippen molar-refractivity contribution in [3.05, 3.63) is 77.9 Å². The highest BCUT2D eigenvalue weighted by molar-refractivity contribution is 7.92. The first kappa shape index (κ1) is 17.7. The van der Waals surface area contributed by atoms with Crippen molar-refractivity contribution in [1.29, 1.82) is 0 Å². The summed E-state index contributed by atoms with van der Waals surface area (Å²) in [7, 11) is -3.66. The predicted molar refractivity (Wildman–Crippen MR) is 107 cm³/mol. The summed E-state index contributed by atoms with van der Waals surface area (Å²) in [6.07, 6.45) is 5.15. The highest BCUT2D eigenvalue weighted by Gasteiger charge is 2.62. The first-order valence-corrected chi connectivity index (χ1v) is 11.3. The number of aryl methyl sites for hydroxylation is 1. The van der Waals surface area contributed by atoms with Crippen LogP contribution >= 0.6 is 0 Å². The molecule has 0 unspecified atom stereocenters. The maximum Gasteiger partial charge on any atom is 0.228 e. The Kier molecular flexibility index (Phi) is 3.98. The van der Waals surface area contributed by atoms with Gasteiger partial charge in [0, 0.05) is 12.5 Å². The predicted octanol–water partition coefficient (Wildman–Crippen LogP) is 3.58. The minimum absolute atomic E-state index is 0.00797. The summed E-state index contributed by atoms with van der Waals surface area (Å²) >= 11 is 0. The molecule has 3 aliphatic rings. The molecule has 1 aliphatic heterocycles. The summed E-state index contributed by atoms with van der Waals surface area (Å²) in [5.74, 6) is -0.0169. The number of carbonyl (C=O) groups is 1. The molecule has 2 aliphatic carbocycles. The van der Waals surface area contributed by atoms with E-state index in [1.165, 1.54) is 0 Å². The molecule has 0 spiro atoms. The normalized spacial score (nSPS) is 30.8. The lowest BCUT2D eigenvalue weighted by molar-refractivity contribution is -0.132. The standard InChI is InChI=1S/C23H23NO3S/c1-15-7-11-19(12-8-15)28(26,27)23-21-18-10-9-17(13-18)20(21)22(25)24(23)14-16-5-3-2-4-6-16/h2-12,17-18,20-21,23H,13-14H2,1H3/t17-,18+,20-,21+,23-/m0/s1. The van der Waals surface area contributed by atoms with Gasteiger partial charge in [0.25, 0.3) is 0 Å². The van der Waals surface area contributed by atoms with Crippen molar-refractivity contribution in [2.75, 3.05) is 0 Å².